The van der Waals surface area contributed by atoms with Crippen molar-refractivity contribution in [2.24, 2.45) is 0 Å². The van der Waals surface area contributed by atoms with E-state index in [4.69, 9.17) is 11.6 Å². The van der Waals surface area contributed by atoms with E-state index in [0.29, 0.717) is 17.7 Å². The second kappa shape index (κ2) is 4.90. The second-order valence-corrected chi connectivity index (χ2v) is 3.68. The Bertz CT molecular complexity index is 295. The number of halogens is 4. The van der Waals surface area contributed by atoms with Gasteiger partial charge < -0.3 is 9.64 Å². The number of carbonyl (C=O) groups is 2. The first kappa shape index (κ1) is 13.1. The molecule has 92 valence electrons. The van der Waals surface area contributed by atoms with Crippen molar-refractivity contribution in [2.75, 3.05) is 13.1 Å². The smallest absolute Gasteiger partial charge is 0.448 e. The van der Waals surface area contributed by atoms with Gasteiger partial charge in [-0.05, 0) is 12.8 Å². The fourth-order valence-electron chi connectivity index (χ4n) is 1.53. The average molecular weight is 260 g/mol. The monoisotopic (exact) mass is 259 g/mol. The van der Waals surface area contributed by atoms with Gasteiger partial charge in [-0.1, -0.05) is 0 Å². The molecule has 8 heteroatoms. The Morgan fingerprint density at radius 2 is 2.00 bits per heavy atom. The number of hydrogen-bond donors (Lipinski definition) is 0. The highest BCUT2D eigenvalue weighted by Crippen LogP contribution is 2.22. The van der Waals surface area contributed by atoms with Gasteiger partial charge in [0, 0.05) is 18.1 Å². The first-order chi connectivity index (χ1) is 7.30. The molecule has 1 unspecified atom stereocenters. The Hall–Kier alpha value is -0.980. The van der Waals surface area contributed by atoms with Crippen molar-refractivity contribution in [1.29, 1.82) is 0 Å². The van der Waals surface area contributed by atoms with E-state index in [9.17, 15) is 22.8 Å². The molecule has 1 heterocycles. The summed E-state index contributed by atoms with van der Waals surface area (Å²) < 4.78 is 40.8. The van der Waals surface area contributed by atoms with E-state index >= 15 is 0 Å². The van der Waals surface area contributed by atoms with Crippen LogP contribution in [0.3, 0.4) is 0 Å². The predicted molar refractivity (Wildman–Crippen MR) is 48.0 cm³/mol. The molecule has 0 spiro atoms. The third-order valence-corrected chi connectivity index (χ3v) is 2.26. The number of hydrogen-bond acceptors (Lipinski definition) is 3. The molecule has 0 radical (unpaired) electrons. The van der Waals surface area contributed by atoms with E-state index in [0.717, 1.165) is 0 Å². The number of ether oxygens (including phenoxy) is 1. The Labute approximate surface area is 94.3 Å². The van der Waals surface area contributed by atoms with Gasteiger partial charge in [0.1, 0.15) is 6.10 Å². The molecule has 0 bridgehead atoms. The van der Waals surface area contributed by atoms with E-state index in [2.05, 4.69) is 4.74 Å². The maximum atomic E-state index is 12.1. The van der Waals surface area contributed by atoms with Crippen LogP contribution in [0.4, 0.5) is 18.0 Å². The number of nitrogens with zero attached hydrogens (tertiary/aromatic N) is 1. The minimum atomic E-state index is -4.90. The molecule has 4 nitrogen and oxygen atoms in total. The Morgan fingerprint density at radius 1 is 1.38 bits per heavy atom. The molecule has 1 atom stereocenters. The molecule has 1 fully saturated rings. The fraction of sp³-hybridized carbons (Fsp3) is 0.750. The standard InChI is InChI=1S/C8H9ClF3NO3/c9-7(15)16-5-2-1-3-13(4-5)6(14)8(10,11)12/h5H,1-4H2. The van der Waals surface area contributed by atoms with Gasteiger partial charge >= 0.3 is 17.5 Å². The highest BCUT2D eigenvalue weighted by molar-refractivity contribution is 6.61. The van der Waals surface area contributed by atoms with Crippen molar-refractivity contribution in [3.8, 4) is 0 Å². The summed E-state index contributed by atoms with van der Waals surface area (Å²) in [6.45, 7) is -0.258. The molecule has 0 aliphatic carbocycles. The Kier molecular flexibility index (Phi) is 4.01. The third-order valence-electron chi connectivity index (χ3n) is 2.17. The first-order valence-electron chi connectivity index (χ1n) is 4.53. The quantitative estimate of drug-likeness (QED) is 0.676. The lowest BCUT2D eigenvalue weighted by atomic mass is 10.1. The van der Waals surface area contributed by atoms with Crippen LogP contribution >= 0.6 is 11.6 Å². The zero-order valence-electron chi connectivity index (χ0n) is 8.09. The van der Waals surface area contributed by atoms with Crippen LogP contribution in [-0.4, -0.2) is 41.6 Å². The molecule has 1 aliphatic rings. The molecule has 1 saturated heterocycles. The summed E-state index contributed by atoms with van der Waals surface area (Å²) in [5.41, 5.74) is -1.08. The average Bonchev–Trinajstić information content (AvgIpc) is 2.14. The molecule has 16 heavy (non-hydrogen) atoms. The largest absolute Gasteiger partial charge is 0.471 e. The molecule has 0 aromatic heterocycles. The highest BCUT2D eigenvalue weighted by Gasteiger charge is 2.43. The summed E-state index contributed by atoms with van der Waals surface area (Å²) in [4.78, 5) is 21.9. The Morgan fingerprint density at radius 3 is 2.50 bits per heavy atom. The van der Waals surface area contributed by atoms with Crippen LogP contribution in [-0.2, 0) is 9.53 Å². The van der Waals surface area contributed by atoms with Crippen molar-refractivity contribution >= 4 is 22.9 Å². The van der Waals surface area contributed by atoms with Crippen LogP contribution in [0.1, 0.15) is 12.8 Å². The summed E-state index contributed by atoms with van der Waals surface area (Å²) in [6, 6.07) is 0. The second-order valence-electron chi connectivity index (χ2n) is 3.37. The predicted octanol–water partition coefficient (Wildman–Crippen LogP) is 1.92. The zero-order chi connectivity index (χ0) is 12.3. The molecule has 0 N–H and O–H groups in total. The number of likely N-dealkylation sites (tertiary alicyclic amines) is 1. The maximum Gasteiger partial charge on any atom is 0.471 e. The topological polar surface area (TPSA) is 46.6 Å². The molecular formula is C8H9ClF3NO3. The van der Waals surface area contributed by atoms with Crippen LogP contribution in [0.2, 0.25) is 0 Å². The molecule has 0 aromatic carbocycles. The van der Waals surface area contributed by atoms with E-state index in [1.165, 1.54) is 0 Å². The van der Waals surface area contributed by atoms with Gasteiger partial charge in [0.2, 0.25) is 0 Å². The van der Waals surface area contributed by atoms with Gasteiger partial charge in [-0.2, -0.15) is 13.2 Å². The first-order valence-corrected chi connectivity index (χ1v) is 4.90. The minimum absolute atomic E-state index is 0.00861. The van der Waals surface area contributed by atoms with E-state index in [-0.39, 0.29) is 13.1 Å². The van der Waals surface area contributed by atoms with E-state index in [1.54, 1.807) is 0 Å². The number of alkyl halides is 3. The van der Waals surface area contributed by atoms with Crippen molar-refractivity contribution in [3.63, 3.8) is 0 Å². The third kappa shape index (κ3) is 3.55. The highest BCUT2D eigenvalue weighted by atomic mass is 35.5. The lowest BCUT2D eigenvalue weighted by Gasteiger charge is -2.32. The summed E-state index contributed by atoms with van der Waals surface area (Å²) in [5.74, 6) is -1.91. The van der Waals surface area contributed by atoms with Crippen LogP contribution < -0.4 is 0 Å². The molecule has 1 amide bonds. The molecule has 0 aromatic rings. The van der Waals surface area contributed by atoms with Gasteiger partial charge in [-0.3, -0.25) is 4.79 Å². The number of amides is 1. The van der Waals surface area contributed by atoms with Crippen LogP contribution in [0.25, 0.3) is 0 Å². The Balaban J connectivity index is 2.57. The minimum Gasteiger partial charge on any atom is -0.448 e. The van der Waals surface area contributed by atoms with E-state index in [1.807, 2.05) is 0 Å². The molecule has 1 rings (SSSR count). The summed E-state index contributed by atoms with van der Waals surface area (Å²) >= 11 is 4.94. The van der Waals surface area contributed by atoms with Gasteiger partial charge in [-0.25, -0.2) is 4.79 Å². The lowest BCUT2D eigenvalue weighted by molar-refractivity contribution is -0.187. The zero-order valence-corrected chi connectivity index (χ0v) is 8.85. The summed E-state index contributed by atoms with van der Waals surface area (Å²) in [5, 5.41) is 0. The number of piperidine rings is 1. The molecule has 0 saturated carbocycles. The fourth-order valence-corrected chi connectivity index (χ4v) is 1.66. The van der Waals surface area contributed by atoms with Crippen molar-refractivity contribution in [2.45, 2.75) is 25.1 Å². The SMILES string of the molecule is O=C(Cl)OC1CCCN(C(=O)C(F)(F)F)C1. The van der Waals surface area contributed by atoms with Crippen LogP contribution in [0.5, 0.6) is 0 Å². The number of carbonyl (C=O) groups excluding carboxylic acids is 2. The van der Waals surface area contributed by atoms with Crippen LogP contribution in [0, 0.1) is 0 Å². The number of rotatable bonds is 1. The van der Waals surface area contributed by atoms with Gasteiger partial charge in [0.05, 0.1) is 6.54 Å². The van der Waals surface area contributed by atoms with Crippen LogP contribution in [0.15, 0.2) is 0 Å². The summed E-state index contributed by atoms with van der Waals surface area (Å²) in [7, 11) is 0. The normalized spacial score (nSPS) is 21.8. The maximum absolute atomic E-state index is 12.1. The van der Waals surface area contributed by atoms with Gasteiger partial charge in [0.15, 0.2) is 0 Å². The molecule has 1 aliphatic heterocycles. The van der Waals surface area contributed by atoms with Gasteiger partial charge in [-0.15, -0.1) is 0 Å². The van der Waals surface area contributed by atoms with Crippen molar-refractivity contribution in [3.05, 3.63) is 0 Å². The summed E-state index contributed by atoms with van der Waals surface area (Å²) in [6.07, 6.45) is -4.91. The van der Waals surface area contributed by atoms with Gasteiger partial charge in [0.25, 0.3) is 0 Å². The molecular weight excluding hydrogens is 251 g/mol. The van der Waals surface area contributed by atoms with E-state index < -0.39 is 23.6 Å². The van der Waals surface area contributed by atoms with Crippen molar-refractivity contribution in [1.82, 2.24) is 4.90 Å². The lowest BCUT2D eigenvalue weighted by Crippen LogP contribution is -2.48. The van der Waals surface area contributed by atoms with Crippen molar-refractivity contribution < 1.29 is 27.5 Å².